The van der Waals surface area contributed by atoms with Crippen LogP contribution in [0, 0.1) is 0 Å². The molecule has 0 unspecified atom stereocenters. The number of amides is 1. The normalized spacial score (nSPS) is 12.9. The number of carbonyl (C=O) groups is 1. The Labute approximate surface area is 169 Å². The topological polar surface area (TPSA) is 117 Å². The van der Waals surface area contributed by atoms with Gasteiger partial charge in [-0.15, -0.1) is 0 Å². The fourth-order valence-electron chi connectivity index (χ4n) is 2.25. The summed E-state index contributed by atoms with van der Waals surface area (Å²) in [4.78, 5) is 32.1. The predicted octanol–water partition coefficient (Wildman–Crippen LogP) is -0.0530. The Balaban J connectivity index is 3.16. The zero-order valence-corrected chi connectivity index (χ0v) is 17.2. The number of benzene rings is 1. The Hall–Kier alpha value is -3.69. The molecule has 0 heterocycles. The molecule has 156 valence electrons. The molecule has 1 rings (SSSR count). The SMILES string of the molecule is C=CC(=NOCc1ccccc1/C(=N\OC)C(=O)NC)C(=[NH+]/OC)/C(C)=N/OC. The van der Waals surface area contributed by atoms with E-state index in [9.17, 15) is 4.79 Å². The number of oxime groups is 3. The number of rotatable bonds is 11. The Bertz CT molecular complexity index is 830. The van der Waals surface area contributed by atoms with Crippen molar-refractivity contribution in [2.24, 2.45) is 15.5 Å². The van der Waals surface area contributed by atoms with Crippen molar-refractivity contribution in [3.05, 3.63) is 48.0 Å². The van der Waals surface area contributed by atoms with Gasteiger partial charge in [0.05, 0.1) is 0 Å². The van der Waals surface area contributed by atoms with E-state index in [1.165, 1.54) is 34.5 Å². The molecule has 0 aliphatic heterocycles. The van der Waals surface area contributed by atoms with Crippen LogP contribution in [0.1, 0.15) is 18.1 Å². The second kappa shape index (κ2) is 12.7. The van der Waals surface area contributed by atoms with E-state index in [1.54, 1.807) is 25.1 Å². The van der Waals surface area contributed by atoms with Crippen molar-refractivity contribution in [1.82, 2.24) is 5.32 Å². The number of hydrogen-bond donors (Lipinski definition) is 2. The summed E-state index contributed by atoms with van der Waals surface area (Å²) in [5.74, 6) is -0.388. The molecule has 1 aromatic carbocycles. The third-order valence-corrected chi connectivity index (χ3v) is 3.52. The summed E-state index contributed by atoms with van der Waals surface area (Å²) in [6.07, 6.45) is 1.48. The zero-order valence-electron chi connectivity index (χ0n) is 17.2. The summed E-state index contributed by atoms with van der Waals surface area (Å²) in [5, 5.41) is 16.9. The van der Waals surface area contributed by atoms with Gasteiger partial charge in [0.2, 0.25) is 0 Å². The highest BCUT2D eigenvalue weighted by Gasteiger charge is 2.21. The molecule has 1 aromatic rings. The highest BCUT2D eigenvalue weighted by atomic mass is 16.6. The second-order valence-corrected chi connectivity index (χ2v) is 5.35. The summed E-state index contributed by atoms with van der Waals surface area (Å²) < 4.78 is 0. The van der Waals surface area contributed by atoms with Crippen molar-refractivity contribution in [3.8, 4) is 0 Å². The molecule has 29 heavy (non-hydrogen) atoms. The van der Waals surface area contributed by atoms with Crippen molar-refractivity contribution >= 4 is 28.8 Å². The lowest BCUT2D eigenvalue weighted by atomic mass is 10.0. The maximum absolute atomic E-state index is 12.1. The van der Waals surface area contributed by atoms with Gasteiger partial charge in [0.1, 0.15) is 27.9 Å². The highest BCUT2D eigenvalue weighted by molar-refractivity contribution is 6.68. The van der Waals surface area contributed by atoms with Gasteiger partial charge in [-0.2, -0.15) is 0 Å². The molecule has 2 N–H and O–H groups in total. The summed E-state index contributed by atoms with van der Waals surface area (Å²) in [6, 6.07) is 7.13. The van der Waals surface area contributed by atoms with E-state index in [4.69, 9.17) is 19.4 Å². The monoisotopic (exact) mass is 404 g/mol. The molecule has 0 fully saturated rings. The van der Waals surface area contributed by atoms with E-state index >= 15 is 0 Å². The van der Waals surface area contributed by atoms with Crippen molar-refractivity contribution < 1.29 is 29.3 Å². The molecular formula is C19H26N5O5+. The molecule has 0 bridgehead atoms. The number of hydrogen-bond acceptors (Lipinski definition) is 8. The van der Waals surface area contributed by atoms with E-state index in [0.717, 1.165) is 0 Å². The van der Waals surface area contributed by atoms with Crippen LogP contribution in [0.15, 0.2) is 52.4 Å². The first-order valence-electron chi connectivity index (χ1n) is 8.52. The van der Waals surface area contributed by atoms with Crippen molar-refractivity contribution in [3.63, 3.8) is 0 Å². The van der Waals surface area contributed by atoms with E-state index < -0.39 is 0 Å². The summed E-state index contributed by atoms with van der Waals surface area (Å²) in [5.41, 5.74) is 2.61. The van der Waals surface area contributed by atoms with Gasteiger partial charge in [-0.05, 0) is 18.2 Å². The molecule has 10 nitrogen and oxygen atoms in total. The molecule has 1 amide bonds. The number of nitrogens with zero attached hydrogens (tertiary/aromatic N) is 3. The fraction of sp³-hybridized carbons (Fsp3) is 0.316. The van der Waals surface area contributed by atoms with Crippen LogP contribution in [0.25, 0.3) is 0 Å². The van der Waals surface area contributed by atoms with Crippen LogP contribution in [-0.4, -0.2) is 57.1 Å². The van der Waals surface area contributed by atoms with Crippen molar-refractivity contribution in [2.45, 2.75) is 13.5 Å². The van der Waals surface area contributed by atoms with Crippen LogP contribution < -0.4 is 10.5 Å². The number of allylic oxidation sites excluding steroid dienone is 1. The first-order valence-corrected chi connectivity index (χ1v) is 8.52. The average molecular weight is 404 g/mol. The van der Waals surface area contributed by atoms with Crippen molar-refractivity contribution in [2.75, 3.05) is 28.4 Å². The van der Waals surface area contributed by atoms with E-state index in [0.29, 0.717) is 28.3 Å². The summed E-state index contributed by atoms with van der Waals surface area (Å²) in [6.45, 7) is 5.49. The molecular weight excluding hydrogens is 378 g/mol. The molecule has 0 atom stereocenters. The molecule has 0 saturated heterocycles. The molecule has 0 aromatic heterocycles. The van der Waals surface area contributed by atoms with Gasteiger partial charge in [-0.3, -0.25) is 9.63 Å². The average Bonchev–Trinajstić information content (AvgIpc) is 2.74. The highest BCUT2D eigenvalue weighted by Crippen LogP contribution is 2.13. The lowest BCUT2D eigenvalue weighted by Gasteiger charge is -2.10. The van der Waals surface area contributed by atoms with Crippen LogP contribution in [0.4, 0.5) is 0 Å². The van der Waals surface area contributed by atoms with Gasteiger partial charge in [-0.25, -0.2) is 0 Å². The van der Waals surface area contributed by atoms with Crippen LogP contribution in [0.2, 0.25) is 0 Å². The quantitative estimate of drug-likeness (QED) is 0.396. The lowest BCUT2D eigenvalue weighted by molar-refractivity contribution is -0.742. The lowest BCUT2D eigenvalue weighted by Crippen LogP contribution is -2.74. The minimum Gasteiger partial charge on any atom is -0.399 e. The van der Waals surface area contributed by atoms with Crippen molar-refractivity contribution in [1.29, 1.82) is 0 Å². The first kappa shape index (κ1) is 23.3. The maximum atomic E-state index is 12.1. The Morgan fingerprint density at radius 2 is 1.86 bits per heavy atom. The van der Waals surface area contributed by atoms with E-state index in [1.807, 2.05) is 6.07 Å². The van der Waals surface area contributed by atoms with E-state index in [2.05, 4.69) is 32.5 Å². The number of nitrogens with one attached hydrogen (secondary N) is 2. The predicted molar refractivity (Wildman–Crippen MR) is 110 cm³/mol. The Kier molecular flexibility index (Phi) is 10.2. The minimum atomic E-state index is -0.388. The molecule has 0 aliphatic carbocycles. The van der Waals surface area contributed by atoms with Gasteiger partial charge in [-0.1, -0.05) is 46.3 Å². The van der Waals surface area contributed by atoms with Crippen LogP contribution in [0.3, 0.4) is 0 Å². The third-order valence-electron chi connectivity index (χ3n) is 3.52. The largest absolute Gasteiger partial charge is 0.399 e. The Morgan fingerprint density at radius 1 is 1.17 bits per heavy atom. The van der Waals surface area contributed by atoms with Gasteiger partial charge in [0.15, 0.2) is 17.1 Å². The van der Waals surface area contributed by atoms with Crippen LogP contribution in [0.5, 0.6) is 0 Å². The molecule has 10 heteroatoms. The smallest absolute Gasteiger partial charge is 0.301 e. The molecule has 0 radical (unpaired) electrons. The number of carbonyl (C=O) groups excluding carboxylic acids is 1. The maximum Gasteiger partial charge on any atom is 0.301 e. The minimum absolute atomic E-state index is 0.0635. The van der Waals surface area contributed by atoms with Gasteiger partial charge in [0, 0.05) is 18.2 Å². The standard InChI is InChI=1S/C19H25N5O5/c1-7-16(17(23-27-5)13(2)21-26-4)22-29-12-14-10-8-9-11-15(14)18(24-28-6)19(25)20-3/h7-11H,1,12H2,2-6H3,(H,20,25)/p+1/b21-13+,22-16?,23-17+,24-18+. The van der Waals surface area contributed by atoms with Gasteiger partial charge in [0.25, 0.3) is 5.91 Å². The van der Waals surface area contributed by atoms with Crippen LogP contribution in [-0.2, 0) is 30.8 Å². The third kappa shape index (κ3) is 6.76. The van der Waals surface area contributed by atoms with E-state index in [-0.39, 0.29) is 18.2 Å². The van der Waals surface area contributed by atoms with Gasteiger partial charge < -0.3 is 19.8 Å². The zero-order chi connectivity index (χ0) is 21.6. The Morgan fingerprint density at radius 3 is 2.45 bits per heavy atom. The fourth-order valence-corrected chi connectivity index (χ4v) is 2.25. The molecule has 0 aliphatic rings. The summed E-state index contributed by atoms with van der Waals surface area (Å²) >= 11 is 0. The van der Waals surface area contributed by atoms with Gasteiger partial charge >= 0.3 is 5.71 Å². The molecule has 0 saturated carbocycles. The number of likely N-dealkylation sites (N-methyl/N-ethyl adjacent to an activating group) is 1. The summed E-state index contributed by atoms with van der Waals surface area (Å²) in [7, 11) is 5.76. The molecule has 0 spiro atoms. The second-order valence-electron chi connectivity index (χ2n) is 5.35. The van der Waals surface area contributed by atoms with Crippen LogP contribution >= 0.6 is 0 Å². The first-order chi connectivity index (χ1) is 14.0.